The number of thiazole rings is 1. The van der Waals surface area contributed by atoms with Crippen molar-refractivity contribution in [1.29, 1.82) is 0 Å². The molecule has 8 nitrogen and oxygen atoms in total. The monoisotopic (exact) mass is 452 g/mol. The van der Waals surface area contributed by atoms with E-state index in [4.69, 9.17) is 4.74 Å². The van der Waals surface area contributed by atoms with Gasteiger partial charge >= 0.3 is 0 Å². The van der Waals surface area contributed by atoms with Crippen molar-refractivity contribution in [2.24, 2.45) is 5.92 Å². The van der Waals surface area contributed by atoms with Gasteiger partial charge in [-0.2, -0.15) is 4.52 Å². The van der Waals surface area contributed by atoms with E-state index in [9.17, 15) is 4.79 Å². The molecule has 4 aromatic rings. The van der Waals surface area contributed by atoms with E-state index >= 15 is 0 Å². The quantitative estimate of drug-likeness (QED) is 0.458. The Morgan fingerprint density at radius 1 is 1.13 bits per heavy atom. The third-order valence-electron chi connectivity index (χ3n) is 5.55. The Balaban J connectivity index is 1.23. The molecule has 10 heteroatoms. The first-order chi connectivity index (χ1) is 15.2. The number of rotatable bonds is 6. The fourth-order valence-electron chi connectivity index (χ4n) is 3.74. The average molecular weight is 453 g/mol. The summed E-state index contributed by atoms with van der Waals surface area (Å²) in [4.78, 5) is 17.5. The molecule has 2 fully saturated rings. The van der Waals surface area contributed by atoms with Crippen molar-refractivity contribution < 1.29 is 9.53 Å². The van der Waals surface area contributed by atoms with Crippen LogP contribution < -0.4 is 10.1 Å². The summed E-state index contributed by atoms with van der Waals surface area (Å²) in [6.45, 7) is 0. The van der Waals surface area contributed by atoms with Crippen molar-refractivity contribution in [3.8, 4) is 5.88 Å². The smallest absolute Gasteiger partial charge is 0.232 e. The van der Waals surface area contributed by atoms with Gasteiger partial charge in [0.1, 0.15) is 6.10 Å². The zero-order valence-corrected chi connectivity index (χ0v) is 18.3. The van der Waals surface area contributed by atoms with Gasteiger partial charge in [0.05, 0.1) is 10.2 Å². The van der Waals surface area contributed by atoms with Crippen LogP contribution in [0.4, 0.5) is 5.13 Å². The van der Waals surface area contributed by atoms with Gasteiger partial charge in [0.2, 0.25) is 16.9 Å². The number of hydrogen-bond donors (Lipinski definition) is 1. The summed E-state index contributed by atoms with van der Waals surface area (Å²) in [6, 6.07) is 9.77. The number of nitrogens with zero attached hydrogens (tertiary/aromatic N) is 5. The SMILES string of the molecule is O=C(Nc1nc2ccc(Sc3nnc4ccc(OC5CCCC5)nn34)cc2s1)C1CC1. The highest BCUT2D eigenvalue weighted by molar-refractivity contribution is 7.99. The Labute approximate surface area is 186 Å². The molecule has 3 heterocycles. The van der Waals surface area contributed by atoms with Crippen LogP contribution in [0.25, 0.3) is 15.9 Å². The Hall–Kier alpha value is -2.72. The molecule has 0 spiro atoms. The van der Waals surface area contributed by atoms with Crippen LogP contribution in [-0.4, -0.2) is 36.8 Å². The van der Waals surface area contributed by atoms with Crippen LogP contribution >= 0.6 is 23.1 Å². The first kappa shape index (κ1) is 19.0. The number of nitrogens with one attached hydrogen (secondary N) is 1. The van der Waals surface area contributed by atoms with E-state index in [1.807, 2.05) is 24.3 Å². The summed E-state index contributed by atoms with van der Waals surface area (Å²) < 4.78 is 8.78. The number of aromatic nitrogens is 5. The summed E-state index contributed by atoms with van der Waals surface area (Å²) in [6.07, 6.45) is 6.81. The molecule has 0 aliphatic heterocycles. The van der Waals surface area contributed by atoms with Gasteiger partial charge < -0.3 is 10.1 Å². The third kappa shape index (κ3) is 3.97. The van der Waals surface area contributed by atoms with Crippen LogP contribution in [0.2, 0.25) is 0 Å². The van der Waals surface area contributed by atoms with E-state index in [1.165, 1.54) is 35.9 Å². The Morgan fingerprint density at radius 2 is 2.00 bits per heavy atom. The number of amides is 1. The molecule has 3 aromatic heterocycles. The summed E-state index contributed by atoms with van der Waals surface area (Å²) in [5.74, 6) is 0.842. The molecule has 0 unspecified atom stereocenters. The molecule has 0 bridgehead atoms. The van der Waals surface area contributed by atoms with Gasteiger partial charge in [-0.25, -0.2) is 4.98 Å². The lowest BCUT2D eigenvalue weighted by Gasteiger charge is -2.11. The predicted octanol–water partition coefficient (Wildman–Crippen LogP) is 4.56. The molecule has 2 aliphatic carbocycles. The van der Waals surface area contributed by atoms with Gasteiger partial charge in [-0.15, -0.1) is 15.3 Å². The third-order valence-corrected chi connectivity index (χ3v) is 7.41. The molecule has 1 N–H and O–H groups in total. The number of carbonyl (C=O) groups excluding carboxylic acids is 1. The second-order valence-electron chi connectivity index (χ2n) is 7.96. The van der Waals surface area contributed by atoms with Crippen molar-refractivity contribution in [2.45, 2.75) is 54.7 Å². The zero-order chi connectivity index (χ0) is 20.8. The number of anilines is 1. The molecular formula is C21H20N6O2S2. The molecule has 2 aliphatic rings. The Morgan fingerprint density at radius 3 is 2.84 bits per heavy atom. The number of carbonyl (C=O) groups is 1. The molecule has 2 saturated carbocycles. The van der Waals surface area contributed by atoms with Crippen molar-refractivity contribution in [2.75, 3.05) is 5.32 Å². The maximum Gasteiger partial charge on any atom is 0.232 e. The number of ether oxygens (including phenoxy) is 1. The first-order valence-electron chi connectivity index (χ1n) is 10.5. The molecule has 1 aromatic carbocycles. The molecule has 6 rings (SSSR count). The fraction of sp³-hybridized carbons (Fsp3) is 0.381. The first-order valence-corrected chi connectivity index (χ1v) is 12.1. The van der Waals surface area contributed by atoms with Crippen LogP contribution in [0.5, 0.6) is 5.88 Å². The van der Waals surface area contributed by atoms with Gasteiger partial charge in [-0.3, -0.25) is 4.79 Å². The van der Waals surface area contributed by atoms with E-state index in [2.05, 4.69) is 31.7 Å². The number of benzene rings is 1. The normalized spacial score (nSPS) is 16.9. The highest BCUT2D eigenvalue weighted by Crippen LogP contribution is 2.35. The average Bonchev–Trinajstić information content (AvgIpc) is 3.16. The van der Waals surface area contributed by atoms with Crippen LogP contribution in [0, 0.1) is 5.92 Å². The van der Waals surface area contributed by atoms with Crippen LogP contribution in [0.15, 0.2) is 40.4 Å². The van der Waals surface area contributed by atoms with Crippen molar-refractivity contribution in [3.63, 3.8) is 0 Å². The van der Waals surface area contributed by atoms with Crippen LogP contribution in [0.1, 0.15) is 38.5 Å². The Bertz CT molecular complexity index is 1280. The van der Waals surface area contributed by atoms with Gasteiger partial charge in [0.15, 0.2) is 10.8 Å². The molecule has 31 heavy (non-hydrogen) atoms. The zero-order valence-electron chi connectivity index (χ0n) is 16.7. The van der Waals surface area contributed by atoms with Crippen molar-refractivity contribution in [1.82, 2.24) is 24.8 Å². The van der Waals surface area contributed by atoms with E-state index in [-0.39, 0.29) is 17.9 Å². The van der Waals surface area contributed by atoms with Crippen LogP contribution in [0.3, 0.4) is 0 Å². The lowest BCUT2D eigenvalue weighted by atomic mass is 10.3. The molecule has 1 amide bonds. The molecular weight excluding hydrogens is 432 g/mol. The molecule has 0 radical (unpaired) electrons. The lowest BCUT2D eigenvalue weighted by molar-refractivity contribution is -0.117. The second-order valence-corrected chi connectivity index (χ2v) is 10.0. The largest absolute Gasteiger partial charge is 0.473 e. The highest BCUT2D eigenvalue weighted by Gasteiger charge is 2.30. The Kier molecular flexibility index (Phi) is 4.76. The van der Waals surface area contributed by atoms with Gasteiger partial charge in [-0.1, -0.05) is 11.3 Å². The molecule has 0 atom stereocenters. The van der Waals surface area contributed by atoms with Gasteiger partial charge in [0.25, 0.3) is 0 Å². The lowest BCUT2D eigenvalue weighted by Crippen LogP contribution is -2.12. The summed E-state index contributed by atoms with van der Waals surface area (Å²) in [5, 5.41) is 17.4. The van der Waals surface area contributed by atoms with Gasteiger partial charge in [-0.05, 0) is 74.6 Å². The van der Waals surface area contributed by atoms with Crippen molar-refractivity contribution in [3.05, 3.63) is 30.3 Å². The summed E-state index contributed by atoms with van der Waals surface area (Å²) in [7, 11) is 0. The number of hydrogen-bond acceptors (Lipinski definition) is 8. The molecule has 158 valence electrons. The topological polar surface area (TPSA) is 94.3 Å². The minimum absolute atomic E-state index is 0.0743. The minimum Gasteiger partial charge on any atom is -0.473 e. The fourth-order valence-corrected chi connectivity index (χ4v) is 5.54. The summed E-state index contributed by atoms with van der Waals surface area (Å²) >= 11 is 2.98. The maximum atomic E-state index is 12.0. The maximum absolute atomic E-state index is 12.0. The van der Waals surface area contributed by atoms with E-state index in [0.717, 1.165) is 40.8 Å². The minimum atomic E-state index is 0.0743. The van der Waals surface area contributed by atoms with E-state index < -0.39 is 0 Å². The van der Waals surface area contributed by atoms with E-state index in [0.29, 0.717) is 21.8 Å². The molecule has 0 saturated heterocycles. The highest BCUT2D eigenvalue weighted by atomic mass is 32.2. The van der Waals surface area contributed by atoms with Gasteiger partial charge in [0, 0.05) is 16.9 Å². The van der Waals surface area contributed by atoms with Crippen LogP contribution in [-0.2, 0) is 4.79 Å². The van der Waals surface area contributed by atoms with Crippen molar-refractivity contribution >= 4 is 50.0 Å². The standard InChI is InChI=1S/C21H20N6O2S2/c28-19(12-5-6-12)23-20-22-15-8-7-14(11-16(15)31-20)30-21-25-24-17-9-10-18(26-27(17)21)29-13-3-1-2-4-13/h7-13H,1-6H2,(H,22,23,28). The second kappa shape index (κ2) is 7.76. The number of fused-ring (bicyclic) bond motifs is 2. The summed E-state index contributed by atoms with van der Waals surface area (Å²) in [5.41, 5.74) is 1.56. The predicted molar refractivity (Wildman–Crippen MR) is 119 cm³/mol. The van der Waals surface area contributed by atoms with E-state index in [1.54, 1.807) is 4.52 Å².